The average Bonchev–Trinajstić information content (AvgIpc) is 2.87. The smallest absolute Gasteiger partial charge is 0.264 e. The zero-order chi connectivity index (χ0) is 27.0. The number of ether oxygens (including phenoxy) is 2. The van der Waals surface area contributed by atoms with Crippen LogP contribution in [0.1, 0.15) is 24.1 Å². The maximum atomic E-state index is 13.6. The molecule has 0 bridgehead atoms. The first-order chi connectivity index (χ1) is 17.4. The van der Waals surface area contributed by atoms with Crippen molar-refractivity contribution < 1.29 is 31.1 Å². The number of fused-ring (bicyclic) bond motifs is 1. The molecule has 1 aliphatic heterocycles. The van der Waals surface area contributed by atoms with Crippen LogP contribution in [0.25, 0.3) is 0 Å². The van der Waals surface area contributed by atoms with E-state index >= 15 is 0 Å². The standard InChI is InChI=1S/C26H28N2O7S2/c1-17-5-14-23-24(15-17)35-25(16-28(23)37(32,33)22-12-8-20(34-3)9-13-22)26(29)27-18(2)19-6-10-21(11-7-19)36(4,30)31/h5-15,18,25H,16H2,1-4H3,(H,27,29)/t18-,25-/m1/s1. The van der Waals surface area contributed by atoms with Crippen LogP contribution < -0.4 is 19.1 Å². The van der Waals surface area contributed by atoms with Crippen molar-refractivity contribution in [1.29, 1.82) is 0 Å². The number of nitrogens with zero attached hydrogens (tertiary/aromatic N) is 1. The molecule has 1 aliphatic rings. The first-order valence-corrected chi connectivity index (χ1v) is 14.8. The largest absolute Gasteiger partial charge is 0.497 e. The molecule has 0 radical (unpaired) electrons. The van der Waals surface area contributed by atoms with Crippen LogP contribution in [0.5, 0.6) is 11.5 Å². The number of carbonyl (C=O) groups excluding carboxylic acids is 1. The van der Waals surface area contributed by atoms with E-state index in [0.29, 0.717) is 17.0 Å². The molecule has 0 saturated carbocycles. The van der Waals surface area contributed by atoms with Crippen LogP contribution in [0.15, 0.2) is 76.5 Å². The lowest BCUT2D eigenvalue weighted by atomic mass is 10.1. The van der Waals surface area contributed by atoms with Gasteiger partial charge in [0.15, 0.2) is 15.9 Å². The molecule has 0 aromatic heterocycles. The molecule has 2 atom stereocenters. The number of rotatable bonds is 7. The minimum absolute atomic E-state index is 0.0558. The predicted octanol–water partition coefficient (Wildman–Crippen LogP) is 3.24. The molecule has 0 saturated heterocycles. The monoisotopic (exact) mass is 544 g/mol. The van der Waals surface area contributed by atoms with Crippen LogP contribution in [-0.2, 0) is 24.7 Å². The van der Waals surface area contributed by atoms with E-state index in [-0.39, 0.29) is 22.1 Å². The van der Waals surface area contributed by atoms with E-state index in [2.05, 4.69) is 5.32 Å². The fourth-order valence-electron chi connectivity index (χ4n) is 3.99. The third-order valence-electron chi connectivity index (χ3n) is 6.09. The van der Waals surface area contributed by atoms with Crippen molar-refractivity contribution in [2.75, 3.05) is 24.2 Å². The Bertz CT molecular complexity index is 1520. The van der Waals surface area contributed by atoms with E-state index in [9.17, 15) is 21.6 Å². The Balaban J connectivity index is 1.60. The molecule has 0 unspecified atom stereocenters. The minimum Gasteiger partial charge on any atom is -0.497 e. The Kier molecular flexibility index (Phi) is 7.20. The van der Waals surface area contributed by atoms with Gasteiger partial charge in [-0.3, -0.25) is 9.10 Å². The SMILES string of the molecule is COc1ccc(S(=O)(=O)N2C[C@H](C(=O)N[C@H](C)c3ccc(S(C)(=O)=O)cc3)Oc3cc(C)ccc32)cc1. The van der Waals surface area contributed by atoms with Gasteiger partial charge in [0.1, 0.15) is 11.5 Å². The molecule has 0 fully saturated rings. The van der Waals surface area contributed by atoms with Gasteiger partial charge in [-0.25, -0.2) is 16.8 Å². The molecule has 11 heteroatoms. The lowest BCUT2D eigenvalue weighted by Crippen LogP contribution is -2.51. The molecule has 0 spiro atoms. The highest BCUT2D eigenvalue weighted by Crippen LogP contribution is 2.38. The van der Waals surface area contributed by atoms with Gasteiger partial charge in [0.05, 0.1) is 35.2 Å². The van der Waals surface area contributed by atoms with Crippen LogP contribution in [0.4, 0.5) is 5.69 Å². The summed E-state index contributed by atoms with van der Waals surface area (Å²) in [6, 6.07) is 16.9. The highest BCUT2D eigenvalue weighted by Gasteiger charge is 2.38. The van der Waals surface area contributed by atoms with E-state index in [1.165, 1.54) is 35.7 Å². The summed E-state index contributed by atoms with van der Waals surface area (Å²) in [6.45, 7) is 3.37. The Morgan fingerprint density at radius 1 is 1.00 bits per heavy atom. The summed E-state index contributed by atoms with van der Waals surface area (Å²) >= 11 is 0. The third kappa shape index (κ3) is 5.57. The molecule has 1 N–H and O–H groups in total. The Labute approximate surface area is 217 Å². The highest BCUT2D eigenvalue weighted by molar-refractivity contribution is 7.92. The van der Waals surface area contributed by atoms with Gasteiger partial charge < -0.3 is 14.8 Å². The molecular weight excluding hydrogens is 516 g/mol. The van der Waals surface area contributed by atoms with Crippen molar-refractivity contribution in [2.24, 2.45) is 0 Å². The van der Waals surface area contributed by atoms with Crippen molar-refractivity contribution in [2.45, 2.75) is 35.8 Å². The molecule has 3 aromatic rings. The van der Waals surface area contributed by atoms with Crippen molar-refractivity contribution in [3.05, 3.63) is 77.9 Å². The second-order valence-corrected chi connectivity index (χ2v) is 12.7. The molecule has 196 valence electrons. The third-order valence-corrected chi connectivity index (χ3v) is 9.01. The molecule has 0 aliphatic carbocycles. The molecule has 1 amide bonds. The molecule has 3 aromatic carbocycles. The predicted molar refractivity (Wildman–Crippen MR) is 139 cm³/mol. The summed E-state index contributed by atoms with van der Waals surface area (Å²) in [4.78, 5) is 13.5. The number of aryl methyl sites for hydroxylation is 1. The van der Waals surface area contributed by atoms with Crippen molar-refractivity contribution in [3.63, 3.8) is 0 Å². The van der Waals surface area contributed by atoms with Gasteiger partial charge in [-0.15, -0.1) is 0 Å². The number of hydrogen-bond donors (Lipinski definition) is 1. The molecule has 4 rings (SSSR count). The van der Waals surface area contributed by atoms with E-state index in [4.69, 9.17) is 9.47 Å². The Hall–Kier alpha value is -3.57. The van der Waals surface area contributed by atoms with Crippen molar-refractivity contribution in [1.82, 2.24) is 5.32 Å². The number of carbonyl (C=O) groups is 1. The van der Waals surface area contributed by atoms with E-state index in [1.807, 2.05) is 6.92 Å². The number of amides is 1. The van der Waals surface area contributed by atoms with E-state index in [1.54, 1.807) is 49.4 Å². The molecule has 9 nitrogen and oxygen atoms in total. The number of anilines is 1. The van der Waals surface area contributed by atoms with Crippen molar-refractivity contribution >= 4 is 31.5 Å². The summed E-state index contributed by atoms with van der Waals surface area (Å²) in [7, 11) is -5.87. The zero-order valence-electron chi connectivity index (χ0n) is 20.8. The average molecular weight is 545 g/mol. The summed E-state index contributed by atoms with van der Waals surface area (Å²) < 4.78 is 62.9. The number of sulfone groups is 1. The van der Waals surface area contributed by atoms with Crippen LogP contribution in [0.3, 0.4) is 0 Å². The van der Waals surface area contributed by atoms with Crippen LogP contribution in [-0.4, -0.2) is 48.8 Å². The number of sulfonamides is 1. The van der Waals surface area contributed by atoms with Crippen LogP contribution in [0, 0.1) is 6.92 Å². The lowest BCUT2D eigenvalue weighted by Gasteiger charge is -2.35. The van der Waals surface area contributed by atoms with Gasteiger partial charge in [-0.1, -0.05) is 18.2 Å². The Morgan fingerprint density at radius 2 is 1.62 bits per heavy atom. The summed E-state index contributed by atoms with van der Waals surface area (Å²) in [5.41, 5.74) is 1.88. The first kappa shape index (κ1) is 26.5. The second-order valence-electron chi connectivity index (χ2n) is 8.86. The van der Waals surface area contributed by atoms with Gasteiger partial charge in [0.2, 0.25) is 0 Å². The quantitative estimate of drug-likeness (QED) is 0.485. The van der Waals surface area contributed by atoms with E-state index in [0.717, 1.165) is 11.8 Å². The highest BCUT2D eigenvalue weighted by atomic mass is 32.2. The summed E-state index contributed by atoms with van der Waals surface area (Å²) in [5.74, 6) is 0.309. The fourth-order valence-corrected chi connectivity index (χ4v) is 6.10. The van der Waals surface area contributed by atoms with Crippen molar-refractivity contribution in [3.8, 4) is 11.5 Å². The van der Waals surface area contributed by atoms with E-state index < -0.39 is 37.9 Å². The maximum absolute atomic E-state index is 13.6. The lowest BCUT2D eigenvalue weighted by molar-refractivity contribution is -0.128. The van der Waals surface area contributed by atoms with Gasteiger partial charge >= 0.3 is 0 Å². The zero-order valence-corrected chi connectivity index (χ0v) is 22.5. The van der Waals surface area contributed by atoms with Gasteiger partial charge in [-0.05, 0) is 73.5 Å². The topological polar surface area (TPSA) is 119 Å². The number of nitrogens with one attached hydrogen (secondary N) is 1. The van der Waals surface area contributed by atoms with Gasteiger partial charge in [-0.2, -0.15) is 0 Å². The fraction of sp³-hybridized carbons (Fsp3) is 0.269. The normalized spacial score (nSPS) is 16.3. The minimum atomic E-state index is -4.02. The van der Waals surface area contributed by atoms with Crippen LogP contribution in [0.2, 0.25) is 0 Å². The molecular formula is C26H28N2O7S2. The summed E-state index contributed by atoms with van der Waals surface area (Å²) in [5, 5.41) is 2.84. The molecule has 37 heavy (non-hydrogen) atoms. The summed E-state index contributed by atoms with van der Waals surface area (Å²) in [6.07, 6.45) is 0.0129. The van der Waals surface area contributed by atoms with Gasteiger partial charge in [0, 0.05) is 6.26 Å². The first-order valence-electron chi connectivity index (χ1n) is 11.4. The maximum Gasteiger partial charge on any atom is 0.264 e. The second kappa shape index (κ2) is 10.1. The number of benzene rings is 3. The van der Waals surface area contributed by atoms with Crippen LogP contribution >= 0.6 is 0 Å². The number of hydrogen-bond acceptors (Lipinski definition) is 7. The number of methoxy groups -OCH3 is 1. The molecule has 1 heterocycles. The van der Waals surface area contributed by atoms with Gasteiger partial charge in [0.25, 0.3) is 15.9 Å². The Morgan fingerprint density at radius 3 is 2.22 bits per heavy atom.